The molecule has 2 fully saturated rings. The van der Waals surface area contributed by atoms with Gasteiger partial charge in [-0.1, -0.05) is 90.4 Å². The Balaban J connectivity index is 1.21. The molecule has 4 aliphatic rings. The standard InChI is InChI=1S/C38H48N4O2/c1-33(2)28-13-14-38(7)29(37(28,6)22-26(24-39)30(33)44)21-27(43)23-36(38,5)20-17-34(3)15-18-35(4,19-16-34)32-40-31(41-42-32)25-11-9-8-10-12-25/h8-12,21-22,28H,13-20,23H2,1-7H3,(H,40,41,42)/t28-,34?,35?,36+,37-,38+/m0/s1. The van der Waals surface area contributed by atoms with E-state index in [-0.39, 0.29) is 44.7 Å². The number of carbonyl (C=O) groups is 2. The van der Waals surface area contributed by atoms with Crippen LogP contribution in [-0.4, -0.2) is 26.7 Å². The van der Waals surface area contributed by atoms with Crippen LogP contribution in [0.3, 0.4) is 0 Å². The summed E-state index contributed by atoms with van der Waals surface area (Å²) in [6.45, 7) is 15.6. The lowest BCUT2D eigenvalue weighted by Crippen LogP contribution is -2.57. The largest absolute Gasteiger partial charge is 0.295 e. The lowest BCUT2D eigenvalue weighted by atomic mass is 9.40. The minimum absolute atomic E-state index is 0.0326. The van der Waals surface area contributed by atoms with E-state index < -0.39 is 10.8 Å². The monoisotopic (exact) mass is 592 g/mol. The smallest absolute Gasteiger partial charge is 0.181 e. The van der Waals surface area contributed by atoms with Crippen molar-refractivity contribution >= 4 is 11.6 Å². The number of nitriles is 1. The van der Waals surface area contributed by atoms with Gasteiger partial charge in [0, 0.05) is 28.2 Å². The van der Waals surface area contributed by atoms with E-state index in [1.807, 2.05) is 56.3 Å². The maximum absolute atomic E-state index is 13.5. The van der Waals surface area contributed by atoms with Crippen molar-refractivity contribution in [3.63, 3.8) is 0 Å². The lowest BCUT2D eigenvalue weighted by Gasteiger charge is -2.63. The van der Waals surface area contributed by atoms with Crippen LogP contribution in [0.1, 0.15) is 112 Å². The molecule has 0 aliphatic heterocycles. The summed E-state index contributed by atoms with van der Waals surface area (Å²) in [6, 6.07) is 12.3. The van der Waals surface area contributed by atoms with Crippen LogP contribution >= 0.6 is 0 Å². The molecule has 1 N–H and O–H groups in total. The molecule has 6 rings (SSSR count). The van der Waals surface area contributed by atoms with Crippen molar-refractivity contribution in [3.05, 3.63) is 59.5 Å². The van der Waals surface area contributed by atoms with E-state index in [2.05, 4.69) is 50.9 Å². The van der Waals surface area contributed by atoms with Gasteiger partial charge in [0.2, 0.25) is 0 Å². The van der Waals surface area contributed by atoms with Gasteiger partial charge in [0.15, 0.2) is 17.4 Å². The third-order valence-corrected chi connectivity index (χ3v) is 13.2. The SMILES string of the molecule is CC1(CC[C@]2(C)CC(=O)C=C3[C@@]4(C)C=C(C#N)C(=O)C(C)(C)[C@@H]4CC[C@]32C)CCC(C)(c2nc(-c3ccccc3)n[nH]2)CC1. The number of allylic oxidation sites excluding steroid dienone is 4. The average molecular weight is 593 g/mol. The maximum Gasteiger partial charge on any atom is 0.181 e. The molecule has 2 saturated carbocycles. The van der Waals surface area contributed by atoms with Crippen LogP contribution in [0.5, 0.6) is 0 Å². The fourth-order valence-corrected chi connectivity index (χ4v) is 9.71. The highest BCUT2D eigenvalue weighted by Crippen LogP contribution is 2.69. The second-order valence-corrected chi connectivity index (χ2v) is 16.4. The summed E-state index contributed by atoms with van der Waals surface area (Å²) in [7, 11) is 0. The molecule has 6 heteroatoms. The molecule has 232 valence electrons. The van der Waals surface area contributed by atoms with Gasteiger partial charge in [0.1, 0.15) is 11.9 Å². The van der Waals surface area contributed by atoms with Gasteiger partial charge in [-0.2, -0.15) is 10.4 Å². The van der Waals surface area contributed by atoms with E-state index in [4.69, 9.17) is 4.98 Å². The van der Waals surface area contributed by atoms with E-state index in [9.17, 15) is 14.9 Å². The summed E-state index contributed by atoms with van der Waals surface area (Å²) in [4.78, 5) is 31.7. The quantitative estimate of drug-likeness (QED) is 0.375. The normalized spacial score (nSPS) is 38.2. The van der Waals surface area contributed by atoms with Gasteiger partial charge >= 0.3 is 0 Å². The molecule has 4 atom stereocenters. The number of rotatable bonds is 5. The number of nitrogens with one attached hydrogen (secondary N) is 1. The Morgan fingerprint density at radius 1 is 0.932 bits per heavy atom. The number of Topliss-reactive ketones (excluding diaryl/α,β-unsaturated/α-hetero) is 1. The Hall–Kier alpha value is -3.33. The zero-order valence-corrected chi connectivity index (χ0v) is 27.6. The zero-order valence-electron chi connectivity index (χ0n) is 27.6. The van der Waals surface area contributed by atoms with Crippen LogP contribution < -0.4 is 0 Å². The van der Waals surface area contributed by atoms with Crippen LogP contribution in [0.15, 0.2) is 53.6 Å². The van der Waals surface area contributed by atoms with E-state index >= 15 is 0 Å². The summed E-state index contributed by atoms with van der Waals surface area (Å²) < 4.78 is 0. The second-order valence-electron chi connectivity index (χ2n) is 16.4. The molecule has 4 aliphatic carbocycles. The second kappa shape index (κ2) is 10.1. The average Bonchev–Trinajstić information content (AvgIpc) is 3.49. The summed E-state index contributed by atoms with van der Waals surface area (Å²) in [6.07, 6.45) is 12.6. The lowest BCUT2D eigenvalue weighted by molar-refractivity contribution is -0.133. The van der Waals surface area contributed by atoms with Crippen LogP contribution in [0, 0.1) is 44.3 Å². The Bertz CT molecular complexity index is 1600. The van der Waals surface area contributed by atoms with Crippen molar-refractivity contribution in [1.29, 1.82) is 5.26 Å². The van der Waals surface area contributed by atoms with Crippen LogP contribution in [0.2, 0.25) is 0 Å². The van der Waals surface area contributed by atoms with Crippen molar-refractivity contribution in [2.24, 2.45) is 33.0 Å². The molecule has 2 aromatic rings. The Kier molecular flexibility index (Phi) is 7.04. The fraction of sp³-hybridized carbons (Fsp3) is 0.605. The highest BCUT2D eigenvalue weighted by atomic mass is 16.1. The highest BCUT2D eigenvalue weighted by molar-refractivity contribution is 6.04. The van der Waals surface area contributed by atoms with Crippen molar-refractivity contribution in [2.75, 3.05) is 0 Å². The van der Waals surface area contributed by atoms with Gasteiger partial charge in [-0.15, -0.1) is 0 Å². The van der Waals surface area contributed by atoms with E-state index in [1.165, 1.54) is 0 Å². The van der Waals surface area contributed by atoms with Gasteiger partial charge in [0.05, 0.1) is 5.57 Å². The number of hydrogen-bond acceptors (Lipinski definition) is 5. The molecule has 0 spiro atoms. The first-order valence-corrected chi connectivity index (χ1v) is 16.5. The van der Waals surface area contributed by atoms with Gasteiger partial charge < -0.3 is 0 Å². The molecule has 44 heavy (non-hydrogen) atoms. The molecule has 0 unspecified atom stereocenters. The first-order chi connectivity index (χ1) is 20.6. The Labute approximate surface area is 262 Å². The van der Waals surface area contributed by atoms with Gasteiger partial charge in [-0.05, 0) is 79.6 Å². The predicted octanol–water partition coefficient (Wildman–Crippen LogP) is 8.48. The zero-order chi connectivity index (χ0) is 31.8. The number of hydrogen-bond donors (Lipinski definition) is 1. The predicted molar refractivity (Wildman–Crippen MR) is 172 cm³/mol. The van der Waals surface area contributed by atoms with Gasteiger partial charge in [0.25, 0.3) is 0 Å². The first kappa shape index (κ1) is 30.7. The molecule has 0 amide bonds. The molecular weight excluding hydrogens is 544 g/mol. The number of aromatic nitrogens is 3. The fourth-order valence-electron chi connectivity index (χ4n) is 9.71. The number of carbonyl (C=O) groups excluding carboxylic acids is 2. The van der Waals surface area contributed by atoms with Gasteiger partial charge in [-0.25, -0.2) is 4.98 Å². The Morgan fingerprint density at radius 2 is 1.61 bits per heavy atom. The van der Waals surface area contributed by atoms with Crippen molar-refractivity contribution in [3.8, 4) is 17.5 Å². The van der Waals surface area contributed by atoms with Crippen molar-refractivity contribution in [2.45, 2.75) is 112 Å². The summed E-state index contributed by atoms with van der Waals surface area (Å²) >= 11 is 0. The van der Waals surface area contributed by atoms with E-state index in [0.717, 1.165) is 74.2 Å². The Morgan fingerprint density at radius 3 is 2.27 bits per heavy atom. The molecule has 6 nitrogen and oxygen atoms in total. The summed E-state index contributed by atoms with van der Waals surface area (Å²) in [5, 5.41) is 17.7. The minimum Gasteiger partial charge on any atom is -0.295 e. The molecule has 0 saturated heterocycles. The van der Waals surface area contributed by atoms with E-state index in [1.54, 1.807) is 0 Å². The number of aromatic amines is 1. The third-order valence-electron chi connectivity index (χ3n) is 13.2. The minimum atomic E-state index is -0.638. The molecule has 1 aromatic carbocycles. The molecule has 0 radical (unpaired) electrons. The molecule has 1 heterocycles. The first-order valence-electron chi connectivity index (χ1n) is 16.5. The van der Waals surface area contributed by atoms with Crippen LogP contribution in [-0.2, 0) is 15.0 Å². The van der Waals surface area contributed by atoms with Gasteiger partial charge in [-0.3, -0.25) is 14.7 Å². The van der Waals surface area contributed by atoms with Crippen molar-refractivity contribution in [1.82, 2.24) is 15.2 Å². The highest BCUT2D eigenvalue weighted by Gasteiger charge is 2.63. The number of H-pyrrole nitrogens is 1. The van der Waals surface area contributed by atoms with E-state index in [0.29, 0.717) is 6.42 Å². The third kappa shape index (κ3) is 4.56. The molecule has 0 bridgehead atoms. The summed E-state index contributed by atoms with van der Waals surface area (Å²) in [5.41, 5.74) is 1.10. The number of benzene rings is 1. The number of ketones is 2. The topological polar surface area (TPSA) is 99.5 Å². The van der Waals surface area contributed by atoms with Crippen LogP contribution in [0.25, 0.3) is 11.4 Å². The number of nitrogens with zero attached hydrogens (tertiary/aromatic N) is 3. The number of fused-ring (bicyclic) bond motifs is 3. The van der Waals surface area contributed by atoms with Crippen molar-refractivity contribution < 1.29 is 9.59 Å². The summed E-state index contributed by atoms with van der Waals surface area (Å²) in [5.74, 6) is 1.93. The maximum atomic E-state index is 13.5. The molecular formula is C38H48N4O2. The van der Waals surface area contributed by atoms with Crippen LogP contribution in [0.4, 0.5) is 0 Å². The molecule has 1 aromatic heterocycles.